The molecular formula is C26H21ClN4O. The summed E-state index contributed by atoms with van der Waals surface area (Å²) in [6, 6.07) is 21.6. The van der Waals surface area contributed by atoms with Crippen LogP contribution in [0.1, 0.15) is 17.0 Å². The quantitative estimate of drug-likeness (QED) is 0.391. The summed E-state index contributed by atoms with van der Waals surface area (Å²) in [6.45, 7) is 1.96. The number of halogens is 1. The molecule has 158 valence electrons. The average Bonchev–Trinajstić information content (AvgIpc) is 3.15. The van der Waals surface area contributed by atoms with Crippen LogP contribution in [0, 0.1) is 6.92 Å². The van der Waals surface area contributed by atoms with Crippen molar-refractivity contribution in [3.63, 3.8) is 0 Å². The third-order valence-electron chi connectivity index (χ3n) is 5.65. The van der Waals surface area contributed by atoms with E-state index in [-0.39, 0.29) is 5.56 Å². The Labute approximate surface area is 190 Å². The number of nitrogens with one attached hydrogen (secondary N) is 1. The van der Waals surface area contributed by atoms with Crippen LogP contribution in [-0.2, 0) is 12.8 Å². The number of hydrogen-bond donors (Lipinski definition) is 1. The van der Waals surface area contributed by atoms with Crippen LogP contribution in [0.3, 0.4) is 0 Å². The number of pyridine rings is 2. The number of nitrogens with zero attached hydrogens (tertiary/aromatic N) is 3. The molecule has 5 nitrogen and oxygen atoms in total. The van der Waals surface area contributed by atoms with Crippen LogP contribution in [0.2, 0.25) is 5.02 Å². The molecule has 0 bridgehead atoms. The maximum Gasteiger partial charge on any atom is 0.280 e. The molecule has 1 N–H and O–H groups in total. The van der Waals surface area contributed by atoms with Gasteiger partial charge in [0.05, 0.1) is 16.6 Å². The molecule has 0 spiro atoms. The van der Waals surface area contributed by atoms with Gasteiger partial charge in [0.1, 0.15) is 0 Å². The van der Waals surface area contributed by atoms with E-state index in [0.29, 0.717) is 10.4 Å². The molecule has 0 aliphatic carbocycles. The van der Waals surface area contributed by atoms with Crippen LogP contribution in [0.4, 0.5) is 0 Å². The van der Waals surface area contributed by atoms with E-state index in [9.17, 15) is 4.79 Å². The van der Waals surface area contributed by atoms with E-state index < -0.39 is 0 Å². The second-order valence-electron chi connectivity index (χ2n) is 7.75. The number of rotatable bonds is 5. The predicted molar refractivity (Wildman–Crippen MR) is 129 cm³/mol. The van der Waals surface area contributed by atoms with Crippen LogP contribution in [-0.4, -0.2) is 19.7 Å². The molecule has 0 unspecified atom stereocenters. The van der Waals surface area contributed by atoms with Crippen molar-refractivity contribution in [1.29, 1.82) is 0 Å². The van der Waals surface area contributed by atoms with Gasteiger partial charge in [-0.1, -0.05) is 41.9 Å². The molecule has 32 heavy (non-hydrogen) atoms. The van der Waals surface area contributed by atoms with Gasteiger partial charge in [0.2, 0.25) is 0 Å². The molecule has 0 atom stereocenters. The minimum absolute atomic E-state index is 0.136. The normalized spacial score (nSPS) is 11.2. The molecule has 0 radical (unpaired) electrons. The fourth-order valence-electron chi connectivity index (χ4n) is 3.95. The number of H-pyrrole nitrogens is 1. The summed E-state index contributed by atoms with van der Waals surface area (Å²) >= 11 is 6.00. The average molecular weight is 441 g/mol. The van der Waals surface area contributed by atoms with Gasteiger partial charge in [-0.25, -0.2) is 4.68 Å². The van der Waals surface area contributed by atoms with Crippen LogP contribution in [0.25, 0.3) is 27.7 Å². The molecule has 0 aliphatic rings. The van der Waals surface area contributed by atoms with E-state index >= 15 is 0 Å². The van der Waals surface area contributed by atoms with Crippen molar-refractivity contribution >= 4 is 22.5 Å². The summed E-state index contributed by atoms with van der Waals surface area (Å²) in [5.41, 5.74) is 6.51. The van der Waals surface area contributed by atoms with Crippen molar-refractivity contribution in [3.05, 3.63) is 111 Å². The fraction of sp³-hybridized carbons (Fsp3) is 0.115. The molecule has 0 saturated carbocycles. The largest absolute Gasteiger partial charge is 0.290 e. The smallest absolute Gasteiger partial charge is 0.280 e. The molecule has 6 heteroatoms. The molecule has 0 fully saturated rings. The second kappa shape index (κ2) is 8.44. The topological polar surface area (TPSA) is 63.6 Å². The molecule has 5 rings (SSSR count). The van der Waals surface area contributed by atoms with E-state index in [1.165, 1.54) is 10.2 Å². The first kappa shape index (κ1) is 20.2. The van der Waals surface area contributed by atoms with Gasteiger partial charge in [0, 0.05) is 34.4 Å². The standard InChI is InChI=1S/C26H21ClN4O/c1-17-24(19-8-5-18(6-9-19)7-12-21-4-2-3-15-28-21)25-23(16-29-17)26(32)31(30-25)22-13-10-20(27)11-14-22/h2-6,8-11,13-16,30H,7,12H2,1H3. The predicted octanol–water partition coefficient (Wildman–Crippen LogP) is 5.52. The molecule has 0 amide bonds. The lowest BCUT2D eigenvalue weighted by Crippen LogP contribution is -2.14. The summed E-state index contributed by atoms with van der Waals surface area (Å²) in [5, 5.41) is 4.46. The van der Waals surface area contributed by atoms with Crippen molar-refractivity contribution in [2.45, 2.75) is 19.8 Å². The van der Waals surface area contributed by atoms with Crippen molar-refractivity contribution in [3.8, 4) is 16.8 Å². The summed E-state index contributed by atoms with van der Waals surface area (Å²) in [4.78, 5) is 21.9. The van der Waals surface area contributed by atoms with E-state index in [4.69, 9.17) is 11.6 Å². The Morgan fingerprint density at radius 2 is 1.72 bits per heavy atom. The first-order valence-electron chi connectivity index (χ1n) is 10.5. The highest BCUT2D eigenvalue weighted by Gasteiger charge is 2.16. The van der Waals surface area contributed by atoms with Gasteiger partial charge in [-0.15, -0.1) is 0 Å². The fourth-order valence-corrected chi connectivity index (χ4v) is 4.08. The number of hydrogen-bond acceptors (Lipinski definition) is 3. The molecule has 0 aliphatic heterocycles. The Hall–Kier alpha value is -3.70. The Kier molecular flexibility index (Phi) is 5.33. The third kappa shape index (κ3) is 3.83. The van der Waals surface area contributed by atoms with Crippen LogP contribution in [0.5, 0.6) is 0 Å². The Bertz CT molecular complexity index is 1440. The highest BCUT2D eigenvalue weighted by molar-refractivity contribution is 6.30. The van der Waals surface area contributed by atoms with E-state index in [2.05, 4.69) is 39.3 Å². The minimum atomic E-state index is -0.136. The van der Waals surface area contributed by atoms with Crippen LogP contribution >= 0.6 is 11.6 Å². The molecule has 0 saturated heterocycles. The van der Waals surface area contributed by atoms with Crippen molar-refractivity contribution < 1.29 is 0 Å². The highest BCUT2D eigenvalue weighted by atomic mass is 35.5. The first-order chi connectivity index (χ1) is 15.6. The Morgan fingerprint density at radius 1 is 0.938 bits per heavy atom. The van der Waals surface area contributed by atoms with Gasteiger partial charge in [-0.2, -0.15) is 0 Å². The van der Waals surface area contributed by atoms with E-state index in [0.717, 1.165) is 46.6 Å². The Morgan fingerprint density at radius 3 is 2.44 bits per heavy atom. The Balaban J connectivity index is 1.51. The summed E-state index contributed by atoms with van der Waals surface area (Å²) in [5.74, 6) is 0. The molecular weight excluding hydrogens is 420 g/mol. The second-order valence-corrected chi connectivity index (χ2v) is 8.19. The zero-order chi connectivity index (χ0) is 22.1. The van der Waals surface area contributed by atoms with Gasteiger partial charge in [-0.05, 0) is 67.3 Å². The summed E-state index contributed by atoms with van der Waals surface area (Å²) in [6.07, 6.45) is 5.28. The maximum absolute atomic E-state index is 13.0. The number of aryl methyl sites for hydroxylation is 3. The van der Waals surface area contributed by atoms with Crippen molar-refractivity contribution in [2.24, 2.45) is 0 Å². The lowest BCUT2D eigenvalue weighted by Gasteiger charge is -2.08. The molecule has 3 heterocycles. The van der Waals surface area contributed by atoms with Gasteiger partial charge >= 0.3 is 0 Å². The van der Waals surface area contributed by atoms with Crippen LogP contribution < -0.4 is 5.56 Å². The van der Waals surface area contributed by atoms with Gasteiger partial charge in [0.15, 0.2) is 0 Å². The number of benzene rings is 2. The van der Waals surface area contributed by atoms with Crippen molar-refractivity contribution in [1.82, 2.24) is 19.7 Å². The van der Waals surface area contributed by atoms with Gasteiger partial charge < -0.3 is 0 Å². The SMILES string of the molecule is Cc1ncc2c(=O)n(-c3ccc(Cl)cc3)[nH]c2c1-c1ccc(CCc2ccccn2)cc1. The first-order valence-corrected chi connectivity index (χ1v) is 10.8. The number of aromatic amines is 1. The molecule has 3 aromatic heterocycles. The van der Waals surface area contributed by atoms with E-state index in [1.54, 1.807) is 18.3 Å². The summed E-state index contributed by atoms with van der Waals surface area (Å²) in [7, 11) is 0. The summed E-state index contributed by atoms with van der Waals surface area (Å²) < 4.78 is 1.53. The lowest BCUT2D eigenvalue weighted by atomic mass is 9.99. The highest BCUT2D eigenvalue weighted by Crippen LogP contribution is 2.29. The van der Waals surface area contributed by atoms with Gasteiger partial charge in [0.25, 0.3) is 5.56 Å². The maximum atomic E-state index is 13.0. The number of aromatic nitrogens is 4. The number of fused-ring (bicyclic) bond motifs is 1. The van der Waals surface area contributed by atoms with Crippen molar-refractivity contribution in [2.75, 3.05) is 0 Å². The molecule has 2 aromatic carbocycles. The van der Waals surface area contributed by atoms with E-state index in [1.807, 2.05) is 43.5 Å². The third-order valence-corrected chi connectivity index (χ3v) is 5.90. The van der Waals surface area contributed by atoms with Crippen LogP contribution in [0.15, 0.2) is 83.9 Å². The monoisotopic (exact) mass is 440 g/mol. The minimum Gasteiger partial charge on any atom is -0.290 e. The molecule has 5 aromatic rings. The lowest BCUT2D eigenvalue weighted by molar-refractivity contribution is 0.864. The van der Waals surface area contributed by atoms with Gasteiger partial charge in [-0.3, -0.25) is 19.9 Å². The zero-order valence-electron chi connectivity index (χ0n) is 17.5. The zero-order valence-corrected chi connectivity index (χ0v) is 18.3.